The van der Waals surface area contributed by atoms with Crippen molar-refractivity contribution < 1.29 is 9.15 Å². The van der Waals surface area contributed by atoms with Crippen LogP contribution in [-0.4, -0.2) is 0 Å². The van der Waals surface area contributed by atoms with Gasteiger partial charge in [-0.05, 0) is 94.7 Å². The molecule has 9 aromatic rings. The van der Waals surface area contributed by atoms with Crippen LogP contribution in [0.1, 0.15) is 0 Å². The standard InChI is InChI=1S/C46H30N2O2/c1-2-12-35(13-3-1)47(36-22-20-32(21-23-36)34-19-18-31-10-4-5-11-33(31)28-34)37-25-27-42-46(30-37)50-44-17-9-7-15-41(44)48(42)38-24-26-40-39-14-6-8-16-43(39)49-45(40)29-38/h1-30H. The zero-order valence-corrected chi connectivity index (χ0v) is 27.0. The Balaban J connectivity index is 1.07. The minimum Gasteiger partial charge on any atom is -0.456 e. The van der Waals surface area contributed by atoms with Gasteiger partial charge in [0.1, 0.15) is 11.2 Å². The van der Waals surface area contributed by atoms with Crippen LogP contribution in [0, 0.1) is 0 Å². The molecule has 1 aromatic heterocycles. The largest absolute Gasteiger partial charge is 0.456 e. The zero-order chi connectivity index (χ0) is 33.0. The summed E-state index contributed by atoms with van der Waals surface area (Å²) in [6, 6.07) is 63.7. The van der Waals surface area contributed by atoms with Gasteiger partial charge in [0.25, 0.3) is 0 Å². The van der Waals surface area contributed by atoms with Crippen molar-refractivity contribution in [3.05, 3.63) is 182 Å². The predicted molar refractivity (Wildman–Crippen MR) is 206 cm³/mol. The highest BCUT2D eigenvalue weighted by Gasteiger charge is 2.27. The fraction of sp³-hybridized carbons (Fsp3) is 0. The molecule has 0 N–H and O–H groups in total. The molecule has 2 heterocycles. The number of ether oxygens (including phenoxy) is 1. The molecule has 0 saturated carbocycles. The third-order valence-corrected chi connectivity index (χ3v) is 9.61. The van der Waals surface area contributed by atoms with Gasteiger partial charge < -0.3 is 19.0 Å². The molecular formula is C46H30N2O2. The van der Waals surface area contributed by atoms with Crippen LogP contribution in [0.3, 0.4) is 0 Å². The van der Waals surface area contributed by atoms with Gasteiger partial charge in [0.2, 0.25) is 0 Å². The number of anilines is 6. The normalized spacial score (nSPS) is 12.1. The highest BCUT2D eigenvalue weighted by molar-refractivity contribution is 6.06. The molecule has 0 unspecified atom stereocenters. The van der Waals surface area contributed by atoms with Crippen molar-refractivity contribution >= 4 is 66.8 Å². The third kappa shape index (κ3) is 4.69. The first kappa shape index (κ1) is 28.3. The van der Waals surface area contributed by atoms with Crippen LogP contribution < -0.4 is 14.5 Å². The van der Waals surface area contributed by atoms with Crippen LogP contribution >= 0.6 is 0 Å². The highest BCUT2D eigenvalue weighted by Crippen LogP contribution is 2.52. The average Bonchev–Trinajstić information content (AvgIpc) is 3.55. The molecule has 1 aliphatic heterocycles. The van der Waals surface area contributed by atoms with E-state index < -0.39 is 0 Å². The van der Waals surface area contributed by atoms with Crippen LogP contribution in [0.15, 0.2) is 186 Å². The van der Waals surface area contributed by atoms with Crippen LogP contribution in [0.4, 0.5) is 34.1 Å². The molecule has 0 saturated heterocycles. The number of hydrogen-bond donors (Lipinski definition) is 0. The summed E-state index contributed by atoms with van der Waals surface area (Å²) in [7, 11) is 0. The van der Waals surface area contributed by atoms with E-state index in [4.69, 9.17) is 9.15 Å². The molecule has 10 rings (SSSR count). The first-order chi connectivity index (χ1) is 24.8. The molecule has 0 spiro atoms. The molecule has 0 radical (unpaired) electrons. The van der Waals surface area contributed by atoms with Gasteiger partial charge in [-0.3, -0.25) is 0 Å². The average molecular weight is 643 g/mol. The van der Waals surface area contributed by atoms with Gasteiger partial charge in [-0.15, -0.1) is 0 Å². The Kier molecular flexibility index (Phi) is 6.46. The minimum absolute atomic E-state index is 0.777. The van der Waals surface area contributed by atoms with E-state index in [1.165, 1.54) is 21.9 Å². The minimum atomic E-state index is 0.777. The van der Waals surface area contributed by atoms with E-state index in [0.717, 1.165) is 67.6 Å². The van der Waals surface area contributed by atoms with E-state index in [1.807, 2.05) is 36.4 Å². The van der Waals surface area contributed by atoms with E-state index in [9.17, 15) is 0 Å². The number of fused-ring (bicyclic) bond motifs is 6. The molecule has 0 fully saturated rings. The second-order valence-electron chi connectivity index (χ2n) is 12.6. The van der Waals surface area contributed by atoms with Crippen LogP contribution in [0.5, 0.6) is 11.5 Å². The second kappa shape index (κ2) is 11.4. The van der Waals surface area contributed by atoms with Gasteiger partial charge in [0.15, 0.2) is 11.5 Å². The summed E-state index contributed by atoms with van der Waals surface area (Å²) in [4.78, 5) is 4.54. The van der Waals surface area contributed by atoms with E-state index >= 15 is 0 Å². The smallest absolute Gasteiger partial charge is 0.153 e. The maximum Gasteiger partial charge on any atom is 0.153 e. The quantitative estimate of drug-likeness (QED) is 0.187. The first-order valence-electron chi connectivity index (χ1n) is 16.8. The topological polar surface area (TPSA) is 28.9 Å². The van der Waals surface area contributed by atoms with Crippen LogP contribution in [0.2, 0.25) is 0 Å². The first-order valence-corrected chi connectivity index (χ1v) is 16.8. The predicted octanol–water partition coefficient (Wildman–Crippen LogP) is 13.5. The Bertz CT molecular complexity index is 2700. The van der Waals surface area contributed by atoms with E-state index in [-0.39, 0.29) is 0 Å². The summed E-state index contributed by atoms with van der Waals surface area (Å²) in [6.07, 6.45) is 0. The van der Waals surface area contributed by atoms with Crippen molar-refractivity contribution in [1.29, 1.82) is 0 Å². The summed E-state index contributed by atoms with van der Waals surface area (Å²) in [5.74, 6) is 1.58. The fourth-order valence-electron chi connectivity index (χ4n) is 7.21. The van der Waals surface area contributed by atoms with Crippen molar-refractivity contribution in [3.63, 3.8) is 0 Å². The Morgan fingerprint density at radius 2 is 1.08 bits per heavy atom. The number of benzene rings is 8. The number of para-hydroxylation sites is 4. The van der Waals surface area contributed by atoms with E-state index in [1.54, 1.807) is 0 Å². The van der Waals surface area contributed by atoms with Crippen molar-refractivity contribution in [1.82, 2.24) is 0 Å². The SMILES string of the molecule is c1ccc(N(c2ccc(-c3ccc4ccccc4c3)cc2)c2ccc3c(c2)Oc2ccccc2N3c2ccc3c(c2)oc2ccccc23)cc1. The van der Waals surface area contributed by atoms with Crippen LogP contribution in [0.25, 0.3) is 43.8 Å². The lowest BCUT2D eigenvalue weighted by Crippen LogP contribution is -2.16. The Labute approximate surface area is 289 Å². The zero-order valence-electron chi connectivity index (χ0n) is 27.0. The molecule has 0 atom stereocenters. The van der Waals surface area contributed by atoms with Crippen molar-refractivity contribution in [2.75, 3.05) is 9.80 Å². The van der Waals surface area contributed by atoms with Gasteiger partial charge in [0.05, 0.1) is 17.1 Å². The van der Waals surface area contributed by atoms with Crippen molar-refractivity contribution in [2.24, 2.45) is 0 Å². The van der Waals surface area contributed by atoms with Crippen LogP contribution in [-0.2, 0) is 0 Å². The molecule has 4 heteroatoms. The molecule has 236 valence electrons. The number of nitrogens with zero attached hydrogens (tertiary/aromatic N) is 2. The number of hydrogen-bond acceptors (Lipinski definition) is 4. The Morgan fingerprint density at radius 3 is 1.98 bits per heavy atom. The van der Waals surface area contributed by atoms with Gasteiger partial charge in [-0.25, -0.2) is 0 Å². The van der Waals surface area contributed by atoms with Crippen molar-refractivity contribution in [2.45, 2.75) is 0 Å². The third-order valence-electron chi connectivity index (χ3n) is 9.61. The molecule has 1 aliphatic rings. The Morgan fingerprint density at radius 1 is 0.400 bits per heavy atom. The van der Waals surface area contributed by atoms with Gasteiger partial charge in [0, 0.05) is 40.0 Å². The molecule has 0 bridgehead atoms. The lowest BCUT2D eigenvalue weighted by Gasteiger charge is -2.34. The molecular weight excluding hydrogens is 613 g/mol. The maximum absolute atomic E-state index is 6.65. The number of rotatable bonds is 5. The summed E-state index contributed by atoms with van der Waals surface area (Å²) < 4.78 is 12.9. The monoisotopic (exact) mass is 642 g/mol. The molecule has 8 aromatic carbocycles. The summed E-state index contributed by atoms with van der Waals surface area (Å²) in [5.41, 5.74) is 10.2. The number of furan rings is 1. The van der Waals surface area contributed by atoms with Gasteiger partial charge in [-0.2, -0.15) is 0 Å². The summed E-state index contributed by atoms with van der Waals surface area (Å²) >= 11 is 0. The maximum atomic E-state index is 6.65. The summed E-state index contributed by atoms with van der Waals surface area (Å²) in [6.45, 7) is 0. The molecule has 50 heavy (non-hydrogen) atoms. The van der Waals surface area contributed by atoms with E-state index in [2.05, 4.69) is 155 Å². The fourth-order valence-corrected chi connectivity index (χ4v) is 7.21. The lowest BCUT2D eigenvalue weighted by molar-refractivity contribution is 0.477. The van der Waals surface area contributed by atoms with Crippen molar-refractivity contribution in [3.8, 4) is 22.6 Å². The summed E-state index contributed by atoms with van der Waals surface area (Å²) in [5, 5.41) is 4.70. The van der Waals surface area contributed by atoms with E-state index in [0.29, 0.717) is 0 Å². The Hall–Kier alpha value is -6.78. The lowest BCUT2D eigenvalue weighted by atomic mass is 10.0. The van der Waals surface area contributed by atoms with Gasteiger partial charge in [-0.1, -0.05) is 97.1 Å². The van der Waals surface area contributed by atoms with Gasteiger partial charge >= 0.3 is 0 Å². The molecule has 0 aliphatic carbocycles. The second-order valence-corrected chi connectivity index (χ2v) is 12.6. The molecule has 4 nitrogen and oxygen atoms in total. The highest BCUT2D eigenvalue weighted by atomic mass is 16.5. The molecule has 0 amide bonds.